The van der Waals surface area contributed by atoms with E-state index in [1.165, 1.54) is 12.8 Å². The molecule has 3 N–H and O–H groups in total. The lowest BCUT2D eigenvalue weighted by atomic mass is 10.1. The van der Waals surface area contributed by atoms with Gasteiger partial charge in [0.2, 0.25) is 5.91 Å². The fourth-order valence-electron chi connectivity index (χ4n) is 2.13. The largest absolute Gasteiger partial charge is 0.352 e. The maximum atomic E-state index is 12.1. The Labute approximate surface area is 108 Å². The zero-order valence-corrected chi connectivity index (χ0v) is 11.1. The Bertz CT molecular complexity index is 411. The maximum absolute atomic E-state index is 12.1. The Hall–Kier alpha value is -1.36. The van der Waals surface area contributed by atoms with Crippen LogP contribution >= 0.6 is 0 Å². The van der Waals surface area contributed by atoms with Gasteiger partial charge in [-0.3, -0.25) is 9.48 Å². The molecule has 0 spiro atoms. The highest BCUT2D eigenvalue weighted by atomic mass is 16.2. The smallest absolute Gasteiger partial charge is 0.241 e. The van der Waals surface area contributed by atoms with Gasteiger partial charge in [0.25, 0.3) is 0 Å². The van der Waals surface area contributed by atoms with Crippen LogP contribution in [0.4, 0.5) is 0 Å². The van der Waals surface area contributed by atoms with Crippen LogP contribution in [0.1, 0.15) is 44.2 Å². The Kier molecular flexibility index (Phi) is 4.01. The fraction of sp³-hybridized carbons (Fsp3) is 0.692. The van der Waals surface area contributed by atoms with Crippen LogP contribution in [0.15, 0.2) is 12.4 Å². The van der Waals surface area contributed by atoms with E-state index in [0.717, 1.165) is 24.3 Å². The molecule has 2 unspecified atom stereocenters. The molecule has 1 aromatic heterocycles. The van der Waals surface area contributed by atoms with Gasteiger partial charge in [-0.05, 0) is 18.8 Å². The number of hydrogen-bond acceptors (Lipinski definition) is 3. The molecule has 5 nitrogen and oxygen atoms in total. The van der Waals surface area contributed by atoms with E-state index in [-0.39, 0.29) is 11.9 Å². The van der Waals surface area contributed by atoms with E-state index in [1.54, 1.807) is 17.1 Å². The van der Waals surface area contributed by atoms with Gasteiger partial charge in [-0.2, -0.15) is 5.10 Å². The number of carbonyl (C=O) groups excluding carboxylic acids is 1. The van der Waals surface area contributed by atoms with Gasteiger partial charge in [0.1, 0.15) is 6.04 Å². The SMILES string of the molecule is CCC(CC1CC1)NC(=O)C(N)c1cnn(C)c1. The molecule has 1 aromatic rings. The predicted octanol–water partition coefficient (Wildman–Crippen LogP) is 1.11. The van der Waals surface area contributed by atoms with Crippen molar-refractivity contribution in [3.63, 3.8) is 0 Å². The highest BCUT2D eigenvalue weighted by molar-refractivity contribution is 5.83. The van der Waals surface area contributed by atoms with Crippen molar-refractivity contribution in [2.75, 3.05) is 0 Å². The minimum absolute atomic E-state index is 0.101. The molecule has 1 fully saturated rings. The van der Waals surface area contributed by atoms with Crippen molar-refractivity contribution in [3.05, 3.63) is 18.0 Å². The fourth-order valence-corrected chi connectivity index (χ4v) is 2.13. The molecule has 0 aliphatic heterocycles. The molecular formula is C13H22N4O. The number of hydrogen-bond donors (Lipinski definition) is 2. The summed E-state index contributed by atoms with van der Waals surface area (Å²) in [5.74, 6) is 0.709. The van der Waals surface area contributed by atoms with Gasteiger partial charge in [0.05, 0.1) is 6.20 Å². The summed E-state index contributed by atoms with van der Waals surface area (Å²) in [6.45, 7) is 2.10. The molecule has 0 saturated heterocycles. The van der Waals surface area contributed by atoms with Gasteiger partial charge in [-0.25, -0.2) is 0 Å². The molecule has 18 heavy (non-hydrogen) atoms. The molecule has 2 rings (SSSR count). The van der Waals surface area contributed by atoms with Crippen molar-refractivity contribution in [1.82, 2.24) is 15.1 Å². The first kappa shape index (κ1) is 13.1. The number of carbonyl (C=O) groups is 1. The first-order valence-electron chi connectivity index (χ1n) is 6.64. The normalized spacial score (nSPS) is 18.4. The van der Waals surface area contributed by atoms with E-state index in [4.69, 9.17) is 5.73 Å². The van der Waals surface area contributed by atoms with Crippen molar-refractivity contribution in [1.29, 1.82) is 0 Å². The highest BCUT2D eigenvalue weighted by Gasteiger charge is 2.27. The van der Waals surface area contributed by atoms with E-state index in [0.29, 0.717) is 0 Å². The summed E-state index contributed by atoms with van der Waals surface area (Å²) in [5, 5.41) is 7.08. The van der Waals surface area contributed by atoms with Crippen LogP contribution in [0.3, 0.4) is 0 Å². The number of amides is 1. The van der Waals surface area contributed by atoms with Crippen molar-refractivity contribution in [2.45, 2.75) is 44.7 Å². The first-order chi connectivity index (χ1) is 8.60. The van der Waals surface area contributed by atoms with Crippen molar-refractivity contribution in [3.8, 4) is 0 Å². The molecule has 0 radical (unpaired) electrons. The van der Waals surface area contributed by atoms with Crippen LogP contribution in [0.2, 0.25) is 0 Å². The van der Waals surface area contributed by atoms with Crippen LogP contribution in [-0.4, -0.2) is 21.7 Å². The molecule has 0 aromatic carbocycles. The average Bonchev–Trinajstić information content (AvgIpc) is 3.07. The van der Waals surface area contributed by atoms with E-state index < -0.39 is 6.04 Å². The zero-order chi connectivity index (χ0) is 13.1. The van der Waals surface area contributed by atoms with Crippen molar-refractivity contribution in [2.24, 2.45) is 18.7 Å². The third-order valence-electron chi connectivity index (χ3n) is 3.52. The van der Waals surface area contributed by atoms with Gasteiger partial charge in [-0.1, -0.05) is 19.8 Å². The molecule has 2 atom stereocenters. The number of nitrogens with two attached hydrogens (primary N) is 1. The summed E-state index contributed by atoms with van der Waals surface area (Å²) in [4.78, 5) is 12.1. The topological polar surface area (TPSA) is 72.9 Å². The maximum Gasteiger partial charge on any atom is 0.241 e. The zero-order valence-electron chi connectivity index (χ0n) is 11.1. The van der Waals surface area contributed by atoms with Gasteiger partial charge >= 0.3 is 0 Å². The number of aryl methyl sites for hydroxylation is 1. The van der Waals surface area contributed by atoms with E-state index in [2.05, 4.69) is 17.3 Å². The molecule has 1 amide bonds. The lowest BCUT2D eigenvalue weighted by molar-refractivity contribution is -0.123. The van der Waals surface area contributed by atoms with Gasteiger partial charge in [0, 0.05) is 24.8 Å². The molecule has 0 bridgehead atoms. The van der Waals surface area contributed by atoms with E-state index >= 15 is 0 Å². The average molecular weight is 250 g/mol. The van der Waals surface area contributed by atoms with Crippen molar-refractivity contribution >= 4 is 5.91 Å². The summed E-state index contributed by atoms with van der Waals surface area (Å²) in [7, 11) is 1.82. The lowest BCUT2D eigenvalue weighted by Gasteiger charge is -2.19. The third kappa shape index (κ3) is 3.32. The second-order valence-corrected chi connectivity index (χ2v) is 5.22. The van der Waals surface area contributed by atoms with Gasteiger partial charge < -0.3 is 11.1 Å². The van der Waals surface area contributed by atoms with Crippen LogP contribution in [-0.2, 0) is 11.8 Å². The number of rotatable bonds is 6. The monoisotopic (exact) mass is 250 g/mol. The lowest BCUT2D eigenvalue weighted by Crippen LogP contribution is -2.40. The standard InChI is InChI=1S/C13H22N4O/c1-3-11(6-9-4-5-9)16-13(18)12(14)10-7-15-17(2)8-10/h7-9,11-12H,3-6,14H2,1-2H3,(H,16,18). The summed E-state index contributed by atoms with van der Waals surface area (Å²) < 4.78 is 1.66. The summed E-state index contributed by atoms with van der Waals surface area (Å²) in [6.07, 6.45) is 8.09. The summed E-state index contributed by atoms with van der Waals surface area (Å²) in [5.41, 5.74) is 6.70. The Morgan fingerprint density at radius 3 is 2.89 bits per heavy atom. The van der Waals surface area contributed by atoms with Crippen LogP contribution < -0.4 is 11.1 Å². The minimum Gasteiger partial charge on any atom is -0.352 e. The summed E-state index contributed by atoms with van der Waals surface area (Å²) in [6, 6.07) is -0.361. The molecule has 1 aliphatic rings. The molecule has 1 aliphatic carbocycles. The quantitative estimate of drug-likeness (QED) is 0.794. The molecule has 1 heterocycles. The Morgan fingerprint density at radius 1 is 1.67 bits per heavy atom. The predicted molar refractivity (Wildman–Crippen MR) is 69.7 cm³/mol. The molecule has 1 saturated carbocycles. The third-order valence-corrected chi connectivity index (χ3v) is 3.52. The van der Waals surface area contributed by atoms with Gasteiger partial charge in [-0.15, -0.1) is 0 Å². The van der Waals surface area contributed by atoms with Crippen LogP contribution in [0, 0.1) is 5.92 Å². The first-order valence-corrected chi connectivity index (χ1v) is 6.64. The van der Waals surface area contributed by atoms with E-state index in [1.807, 2.05) is 7.05 Å². The van der Waals surface area contributed by atoms with Crippen molar-refractivity contribution < 1.29 is 4.79 Å². The Balaban J connectivity index is 1.89. The molecule has 5 heteroatoms. The second kappa shape index (κ2) is 5.52. The van der Waals surface area contributed by atoms with Gasteiger partial charge in [0.15, 0.2) is 0 Å². The van der Waals surface area contributed by atoms with E-state index in [9.17, 15) is 4.79 Å². The number of nitrogens with one attached hydrogen (secondary N) is 1. The molecular weight excluding hydrogens is 228 g/mol. The summed E-state index contributed by atoms with van der Waals surface area (Å²) >= 11 is 0. The highest BCUT2D eigenvalue weighted by Crippen LogP contribution is 2.34. The Morgan fingerprint density at radius 2 is 2.39 bits per heavy atom. The molecule has 100 valence electrons. The number of aromatic nitrogens is 2. The van der Waals surface area contributed by atoms with Crippen LogP contribution in [0.5, 0.6) is 0 Å². The van der Waals surface area contributed by atoms with Crippen LogP contribution in [0.25, 0.3) is 0 Å². The number of nitrogens with zero attached hydrogens (tertiary/aromatic N) is 2. The minimum atomic E-state index is -0.619. The second-order valence-electron chi connectivity index (χ2n) is 5.22.